The Morgan fingerprint density at radius 2 is 2.38 bits per heavy atom. The molecule has 21 heavy (non-hydrogen) atoms. The summed E-state index contributed by atoms with van der Waals surface area (Å²) in [5.41, 5.74) is 0.724. The molecule has 7 heteroatoms. The molecule has 2 aromatic rings. The molecular formula is C14H18N4O3. The van der Waals surface area contributed by atoms with Gasteiger partial charge in [0.15, 0.2) is 0 Å². The van der Waals surface area contributed by atoms with E-state index in [-0.39, 0.29) is 6.04 Å². The van der Waals surface area contributed by atoms with Gasteiger partial charge in [-0.15, -0.1) is 0 Å². The summed E-state index contributed by atoms with van der Waals surface area (Å²) in [6.07, 6.45) is 3.82. The summed E-state index contributed by atoms with van der Waals surface area (Å²) in [7, 11) is 1.63. The highest BCUT2D eigenvalue weighted by Crippen LogP contribution is 2.28. The van der Waals surface area contributed by atoms with Crippen LogP contribution in [0.25, 0.3) is 11.4 Å². The summed E-state index contributed by atoms with van der Waals surface area (Å²) in [5.74, 6) is 1.61. The number of aromatic nitrogens is 3. The first kappa shape index (κ1) is 14.0. The molecule has 0 aromatic carbocycles. The van der Waals surface area contributed by atoms with Gasteiger partial charge in [0.2, 0.25) is 17.6 Å². The van der Waals surface area contributed by atoms with Crippen LogP contribution >= 0.6 is 0 Å². The van der Waals surface area contributed by atoms with Crippen molar-refractivity contribution in [2.45, 2.75) is 18.9 Å². The number of hydrogen-bond donors (Lipinski definition) is 1. The van der Waals surface area contributed by atoms with Crippen LogP contribution in [0.3, 0.4) is 0 Å². The molecule has 1 aliphatic rings. The van der Waals surface area contributed by atoms with E-state index >= 15 is 0 Å². The molecule has 1 aliphatic heterocycles. The molecule has 0 unspecified atom stereocenters. The average molecular weight is 290 g/mol. The van der Waals surface area contributed by atoms with E-state index in [0.29, 0.717) is 30.8 Å². The first-order valence-corrected chi connectivity index (χ1v) is 7.02. The number of rotatable bonds is 6. The maximum Gasteiger partial charge on any atom is 0.244 e. The Morgan fingerprint density at radius 3 is 3.19 bits per heavy atom. The normalized spacial score (nSPS) is 18.0. The summed E-state index contributed by atoms with van der Waals surface area (Å²) in [4.78, 5) is 8.68. The predicted octanol–water partition coefficient (Wildman–Crippen LogP) is 1.58. The van der Waals surface area contributed by atoms with E-state index in [1.54, 1.807) is 13.3 Å². The van der Waals surface area contributed by atoms with Crippen molar-refractivity contribution in [1.29, 1.82) is 0 Å². The summed E-state index contributed by atoms with van der Waals surface area (Å²) in [5, 5.41) is 7.38. The van der Waals surface area contributed by atoms with Crippen LogP contribution in [0.2, 0.25) is 0 Å². The number of pyridine rings is 1. The SMILES string of the molecule is COCCOc1ncccc1-c1noc([C@H]2CCCN2)n1. The van der Waals surface area contributed by atoms with Crippen molar-refractivity contribution in [3.63, 3.8) is 0 Å². The fourth-order valence-electron chi connectivity index (χ4n) is 2.28. The Kier molecular flexibility index (Phi) is 4.42. The molecular weight excluding hydrogens is 272 g/mol. The molecule has 1 N–H and O–H groups in total. The van der Waals surface area contributed by atoms with E-state index < -0.39 is 0 Å². The first-order chi connectivity index (χ1) is 10.4. The van der Waals surface area contributed by atoms with E-state index in [0.717, 1.165) is 24.9 Å². The van der Waals surface area contributed by atoms with E-state index in [1.165, 1.54) is 0 Å². The van der Waals surface area contributed by atoms with Gasteiger partial charge in [0.25, 0.3) is 0 Å². The number of nitrogens with zero attached hydrogens (tertiary/aromatic N) is 3. The molecule has 0 bridgehead atoms. The fraction of sp³-hybridized carbons (Fsp3) is 0.500. The van der Waals surface area contributed by atoms with Gasteiger partial charge in [0, 0.05) is 13.3 Å². The molecule has 0 radical (unpaired) electrons. The topological polar surface area (TPSA) is 82.3 Å². The third-order valence-electron chi connectivity index (χ3n) is 3.34. The Labute approximate surface area is 122 Å². The van der Waals surface area contributed by atoms with Crippen LogP contribution < -0.4 is 10.1 Å². The van der Waals surface area contributed by atoms with E-state index in [1.807, 2.05) is 12.1 Å². The maximum absolute atomic E-state index is 5.59. The smallest absolute Gasteiger partial charge is 0.244 e. The summed E-state index contributed by atoms with van der Waals surface area (Å²) in [6, 6.07) is 3.84. The highest BCUT2D eigenvalue weighted by molar-refractivity contribution is 5.60. The van der Waals surface area contributed by atoms with Gasteiger partial charge in [-0.05, 0) is 31.5 Å². The lowest BCUT2D eigenvalue weighted by atomic mass is 10.2. The van der Waals surface area contributed by atoms with Gasteiger partial charge < -0.3 is 19.3 Å². The molecule has 0 spiro atoms. The van der Waals surface area contributed by atoms with Crippen molar-refractivity contribution in [2.75, 3.05) is 26.9 Å². The number of hydrogen-bond acceptors (Lipinski definition) is 7. The summed E-state index contributed by atoms with van der Waals surface area (Å²) >= 11 is 0. The molecule has 0 saturated carbocycles. The van der Waals surface area contributed by atoms with E-state index in [4.69, 9.17) is 14.0 Å². The lowest BCUT2D eigenvalue weighted by Gasteiger charge is -2.07. The van der Waals surface area contributed by atoms with Gasteiger partial charge >= 0.3 is 0 Å². The highest BCUT2D eigenvalue weighted by Gasteiger charge is 2.23. The largest absolute Gasteiger partial charge is 0.475 e. The van der Waals surface area contributed by atoms with Crippen molar-refractivity contribution in [1.82, 2.24) is 20.4 Å². The van der Waals surface area contributed by atoms with E-state index in [9.17, 15) is 0 Å². The van der Waals surface area contributed by atoms with Crippen molar-refractivity contribution in [2.24, 2.45) is 0 Å². The van der Waals surface area contributed by atoms with Gasteiger partial charge in [0.05, 0.1) is 18.2 Å². The summed E-state index contributed by atoms with van der Waals surface area (Å²) in [6.45, 7) is 1.91. The van der Waals surface area contributed by atoms with Gasteiger partial charge in [-0.25, -0.2) is 4.98 Å². The van der Waals surface area contributed by atoms with Crippen LogP contribution in [0.1, 0.15) is 24.8 Å². The molecule has 1 saturated heterocycles. The van der Waals surface area contributed by atoms with Crippen LogP contribution in [-0.2, 0) is 4.74 Å². The zero-order chi connectivity index (χ0) is 14.5. The zero-order valence-electron chi connectivity index (χ0n) is 11.9. The number of methoxy groups -OCH3 is 1. The minimum absolute atomic E-state index is 0.154. The summed E-state index contributed by atoms with van der Waals surface area (Å²) < 4.78 is 15.9. The van der Waals surface area contributed by atoms with Crippen LogP contribution in [-0.4, -0.2) is 42.0 Å². The average Bonchev–Trinajstić information content (AvgIpc) is 3.19. The fourth-order valence-corrected chi connectivity index (χ4v) is 2.28. The first-order valence-electron chi connectivity index (χ1n) is 7.02. The monoisotopic (exact) mass is 290 g/mol. The molecule has 3 heterocycles. The molecule has 0 aliphatic carbocycles. The number of nitrogens with one attached hydrogen (secondary N) is 1. The molecule has 2 aromatic heterocycles. The quantitative estimate of drug-likeness (QED) is 0.809. The Hall–Kier alpha value is -1.99. The lowest BCUT2D eigenvalue weighted by Crippen LogP contribution is -2.13. The minimum atomic E-state index is 0.154. The zero-order valence-corrected chi connectivity index (χ0v) is 11.9. The molecule has 7 nitrogen and oxygen atoms in total. The van der Waals surface area contributed by atoms with Crippen LogP contribution in [0, 0.1) is 0 Å². The van der Waals surface area contributed by atoms with Crippen molar-refractivity contribution < 1.29 is 14.0 Å². The van der Waals surface area contributed by atoms with Crippen LogP contribution in [0.15, 0.2) is 22.9 Å². The second-order valence-corrected chi connectivity index (χ2v) is 4.80. The predicted molar refractivity (Wildman–Crippen MR) is 74.9 cm³/mol. The van der Waals surface area contributed by atoms with Crippen LogP contribution in [0.5, 0.6) is 5.88 Å². The lowest BCUT2D eigenvalue weighted by molar-refractivity contribution is 0.144. The third kappa shape index (κ3) is 3.20. The van der Waals surface area contributed by atoms with Gasteiger partial charge in [-0.1, -0.05) is 5.16 Å². The van der Waals surface area contributed by atoms with Gasteiger partial charge in [0.1, 0.15) is 6.61 Å². The van der Waals surface area contributed by atoms with E-state index in [2.05, 4.69) is 20.4 Å². The molecule has 0 amide bonds. The molecule has 3 rings (SSSR count). The highest BCUT2D eigenvalue weighted by atomic mass is 16.5. The standard InChI is InChI=1S/C14H18N4O3/c1-19-8-9-20-13-10(4-2-7-16-13)12-17-14(21-18-12)11-5-3-6-15-11/h2,4,7,11,15H,3,5-6,8-9H2,1H3/t11-/m1/s1. The Balaban J connectivity index is 1.79. The Bertz CT molecular complexity index is 581. The second-order valence-electron chi connectivity index (χ2n) is 4.80. The molecule has 1 atom stereocenters. The third-order valence-corrected chi connectivity index (χ3v) is 3.34. The van der Waals surface area contributed by atoms with Gasteiger partial charge in [-0.2, -0.15) is 4.98 Å². The van der Waals surface area contributed by atoms with Crippen molar-refractivity contribution in [3.05, 3.63) is 24.2 Å². The minimum Gasteiger partial charge on any atom is -0.475 e. The second kappa shape index (κ2) is 6.64. The van der Waals surface area contributed by atoms with Crippen LogP contribution in [0.4, 0.5) is 0 Å². The molecule has 112 valence electrons. The van der Waals surface area contributed by atoms with Crippen molar-refractivity contribution in [3.8, 4) is 17.3 Å². The van der Waals surface area contributed by atoms with Crippen molar-refractivity contribution >= 4 is 0 Å². The van der Waals surface area contributed by atoms with Gasteiger partial charge in [-0.3, -0.25) is 0 Å². The Morgan fingerprint density at radius 1 is 1.43 bits per heavy atom. The molecule has 1 fully saturated rings. The maximum atomic E-state index is 5.59. The number of ether oxygens (including phenoxy) is 2.